The van der Waals surface area contributed by atoms with Crippen LogP contribution in [0, 0.1) is 5.92 Å². The number of aryl methyl sites for hydroxylation is 1. The number of Topliss-reactive ketones (excluding diaryl/α,β-unsaturated/α-hetero) is 1. The van der Waals surface area contributed by atoms with Gasteiger partial charge in [-0.3, -0.25) is 4.79 Å². The zero-order valence-corrected chi connectivity index (χ0v) is 6.45. The predicted molar refractivity (Wildman–Crippen MR) is 40.9 cm³/mol. The van der Waals surface area contributed by atoms with Crippen LogP contribution in [0.5, 0.6) is 0 Å². The highest BCUT2D eigenvalue weighted by Crippen LogP contribution is 2.24. The molecular weight excluding hydrogens is 156 g/mol. The Morgan fingerprint density at radius 3 is 3.17 bits per heavy atom. The van der Waals surface area contributed by atoms with Crippen molar-refractivity contribution in [3.05, 3.63) is 23.7 Å². The third kappa shape index (κ3) is 0.897. The Labute approximate surface area is 69.4 Å². The summed E-state index contributed by atoms with van der Waals surface area (Å²) in [5.74, 6) is 0.174. The van der Waals surface area contributed by atoms with Gasteiger partial charge < -0.3 is 9.21 Å². The molecule has 0 N–H and O–H groups in total. The number of furan rings is 1. The van der Waals surface area contributed by atoms with E-state index in [1.807, 2.05) is 0 Å². The maximum Gasteiger partial charge on any atom is 0.176 e. The van der Waals surface area contributed by atoms with E-state index >= 15 is 0 Å². The lowest BCUT2D eigenvalue weighted by molar-refractivity contribution is -0.110. The first-order valence-electron chi connectivity index (χ1n) is 3.89. The molecule has 62 valence electrons. The van der Waals surface area contributed by atoms with Crippen molar-refractivity contribution in [3.8, 4) is 0 Å². The molecule has 1 aromatic rings. The molecule has 3 heteroatoms. The van der Waals surface area contributed by atoms with Crippen LogP contribution in [-0.2, 0) is 11.2 Å². The second-order valence-corrected chi connectivity index (χ2v) is 2.90. The Morgan fingerprint density at radius 1 is 1.58 bits per heavy atom. The summed E-state index contributed by atoms with van der Waals surface area (Å²) in [4.78, 5) is 21.9. The molecule has 0 aromatic carbocycles. The quantitative estimate of drug-likeness (QED) is 0.463. The van der Waals surface area contributed by atoms with Crippen molar-refractivity contribution >= 4 is 12.1 Å². The van der Waals surface area contributed by atoms with Crippen molar-refractivity contribution in [1.82, 2.24) is 0 Å². The largest absolute Gasteiger partial charge is 0.469 e. The lowest BCUT2D eigenvalue weighted by atomic mass is 9.88. The zero-order valence-electron chi connectivity index (χ0n) is 6.45. The summed E-state index contributed by atoms with van der Waals surface area (Å²) in [5.41, 5.74) is 0.582. The number of fused-ring (bicyclic) bond motifs is 1. The van der Waals surface area contributed by atoms with Crippen molar-refractivity contribution in [2.75, 3.05) is 0 Å². The third-order valence-electron chi connectivity index (χ3n) is 2.19. The van der Waals surface area contributed by atoms with E-state index in [0.717, 1.165) is 12.0 Å². The molecule has 1 heterocycles. The number of hydrogen-bond acceptors (Lipinski definition) is 3. The first-order valence-corrected chi connectivity index (χ1v) is 3.89. The molecule has 0 spiro atoms. The van der Waals surface area contributed by atoms with Crippen LogP contribution in [0.3, 0.4) is 0 Å². The smallest absolute Gasteiger partial charge is 0.176 e. The van der Waals surface area contributed by atoms with E-state index in [9.17, 15) is 9.59 Å². The molecule has 2 rings (SSSR count). The summed E-state index contributed by atoms with van der Waals surface area (Å²) in [7, 11) is 0. The fourth-order valence-electron chi connectivity index (χ4n) is 1.50. The molecule has 1 aliphatic carbocycles. The molecule has 1 atom stereocenters. The number of carbonyl (C=O) groups excluding carboxylic acids is 2. The summed E-state index contributed by atoms with van der Waals surface area (Å²) in [6.45, 7) is 0. The molecule has 0 amide bonds. The second kappa shape index (κ2) is 2.59. The molecule has 1 unspecified atom stereocenters. The van der Waals surface area contributed by atoms with E-state index in [4.69, 9.17) is 4.42 Å². The minimum Gasteiger partial charge on any atom is -0.469 e. The van der Waals surface area contributed by atoms with Gasteiger partial charge in [0.2, 0.25) is 0 Å². The fraction of sp³-hybridized carbons (Fsp3) is 0.333. The molecule has 0 saturated carbocycles. The van der Waals surface area contributed by atoms with Crippen LogP contribution in [0.15, 0.2) is 16.7 Å². The van der Waals surface area contributed by atoms with Crippen molar-refractivity contribution in [3.63, 3.8) is 0 Å². The maximum absolute atomic E-state index is 11.4. The Balaban J connectivity index is 2.41. The van der Waals surface area contributed by atoms with Crippen LogP contribution < -0.4 is 0 Å². The number of ketones is 1. The monoisotopic (exact) mass is 164 g/mol. The summed E-state index contributed by atoms with van der Waals surface area (Å²) in [6.07, 6.45) is 3.49. The van der Waals surface area contributed by atoms with Gasteiger partial charge >= 0.3 is 0 Å². The van der Waals surface area contributed by atoms with E-state index in [1.165, 1.54) is 6.26 Å². The Kier molecular flexibility index (Phi) is 1.57. The van der Waals surface area contributed by atoms with Crippen LogP contribution in [0.2, 0.25) is 0 Å². The number of rotatable bonds is 1. The molecule has 12 heavy (non-hydrogen) atoms. The van der Waals surface area contributed by atoms with Gasteiger partial charge in [0.1, 0.15) is 12.0 Å². The number of aldehydes is 1. The third-order valence-corrected chi connectivity index (χ3v) is 2.19. The fourth-order valence-corrected chi connectivity index (χ4v) is 1.50. The number of hydrogen-bond donors (Lipinski definition) is 0. The van der Waals surface area contributed by atoms with Gasteiger partial charge in [-0.25, -0.2) is 0 Å². The van der Waals surface area contributed by atoms with Gasteiger partial charge in [0.05, 0.1) is 17.7 Å². The highest BCUT2D eigenvalue weighted by molar-refractivity contribution is 6.06. The molecule has 0 saturated heterocycles. The molecule has 0 aliphatic heterocycles. The first-order chi connectivity index (χ1) is 5.83. The standard InChI is InChI=1S/C9H8O3/c10-5-6-1-2-8-7(9(6)11)3-4-12-8/h3-6H,1-2H2. The minimum absolute atomic E-state index is 0.0972. The van der Waals surface area contributed by atoms with Crippen LogP contribution in [0.4, 0.5) is 0 Å². The Bertz CT molecular complexity index is 324. The van der Waals surface area contributed by atoms with Crippen molar-refractivity contribution in [2.45, 2.75) is 12.8 Å². The summed E-state index contributed by atoms with van der Waals surface area (Å²) in [5, 5.41) is 0. The Morgan fingerprint density at radius 2 is 2.42 bits per heavy atom. The van der Waals surface area contributed by atoms with E-state index in [0.29, 0.717) is 18.4 Å². The molecule has 1 aliphatic rings. The second-order valence-electron chi connectivity index (χ2n) is 2.90. The topological polar surface area (TPSA) is 47.3 Å². The van der Waals surface area contributed by atoms with Crippen LogP contribution in [0.1, 0.15) is 22.5 Å². The van der Waals surface area contributed by atoms with Gasteiger partial charge in [0, 0.05) is 6.42 Å². The van der Waals surface area contributed by atoms with E-state index in [1.54, 1.807) is 6.07 Å². The van der Waals surface area contributed by atoms with Crippen LogP contribution >= 0.6 is 0 Å². The normalized spacial score (nSPS) is 22.0. The summed E-state index contributed by atoms with van der Waals surface area (Å²) < 4.78 is 5.08. The highest BCUT2D eigenvalue weighted by Gasteiger charge is 2.28. The van der Waals surface area contributed by atoms with Gasteiger partial charge in [-0.05, 0) is 12.5 Å². The molecule has 0 radical (unpaired) electrons. The van der Waals surface area contributed by atoms with E-state index in [2.05, 4.69) is 0 Å². The maximum atomic E-state index is 11.4. The average molecular weight is 164 g/mol. The van der Waals surface area contributed by atoms with E-state index in [-0.39, 0.29) is 5.78 Å². The summed E-state index contributed by atoms with van der Waals surface area (Å²) >= 11 is 0. The first kappa shape index (κ1) is 7.28. The van der Waals surface area contributed by atoms with Gasteiger partial charge in [0.25, 0.3) is 0 Å². The predicted octanol–water partition coefficient (Wildman–Crippen LogP) is 1.22. The van der Waals surface area contributed by atoms with Crippen LogP contribution in [-0.4, -0.2) is 12.1 Å². The van der Waals surface area contributed by atoms with Crippen molar-refractivity contribution < 1.29 is 14.0 Å². The molecule has 0 bridgehead atoms. The van der Waals surface area contributed by atoms with E-state index < -0.39 is 5.92 Å². The molecular formula is C9H8O3. The zero-order chi connectivity index (χ0) is 8.55. The lowest BCUT2D eigenvalue weighted by Gasteiger charge is -2.13. The summed E-state index contributed by atoms with van der Waals surface area (Å²) in [6, 6.07) is 1.63. The van der Waals surface area contributed by atoms with Crippen LogP contribution in [0.25, 0.3) is 0 Å². The van der Waals surface area contributed by atoms with Crippen molar-refractivity contribution in [1.29, 1.82) is 0 Å². The highest BCUT2D eigenvalue weighted by atomic mass is 16.3. The van der Waals surface area contributed by atoms with Gasteiger partial charge in [0.15, 0.2) is 5.78 Å². The molecule has 0 fully saturated rings. The lowest BCUT2D eigenvalue weighted by Crippen LogP contribution is -2.22. The average Bonchev–Trinajstić information content (AvgIpc) is 2.53. The minimum atomic E-state index is -0.449. The Hall–Kier alpha value is -1.38. The number of carbonyl (C=O) groups is 2. The SMILES string of the molecule is O=CC1CCc2occc2C1=O. The van der Waals surface area contributed by atoms with Gasteiger partial charge in [-0.2, -0.15) is 0 Å². The molecule has 1 aromatic heterocycles. The van der Waals surface area contributed by atoms with Gasteiger partial charge in [-0.1, -0.05) is 0 Å². The van der Waals surface area contributed by atoms with Gasteiger partial charge in [-0.15, -0.1) is 0 Å². The van der Waals surface area contributed by atoms with Crippen molar-refractivity contribution in [2.24, 2.45) is 5.92 Å². The molecule has 3 nitrogen and oxygen atoms in total.